The lowest BCUT2D eigenvalue weighted by Crippen LogP contribution is -2.45. The average Bonchev–Trinajstić information content (AvgIpc) is 3.15. The zero-order chi connectivity index (χ0) is 25.2. The molecule has 2 aromatic carbocycles. The highest BCUT2D eigenvalue weighted by molar-refractivity contribution is 9.10. The van der Waals surface area contributed by atoms with E-state index in [2.05, 4.69) is 32.8 Å². The fourth-order valence-corrected chi connectivity index (χ4v) is 6.09. The number of anilines is 1. The second-order valence-corrected chi connectivity index (χ2v) is 11.7. The zero-order valence-corrected chi connectivity index (χ0v) is 22.7. The number of likely N-dealkylation sites (N-methyl/N-ethyl adjacent to an activating group) is 1. The average molecular weight is 565 g/mol. The van der Waals surface area contributed by atoms with Gasteiger partial charge in [-0.2, -0.15) is 9.40 Å². The first-order valence-electron chi connectivity index (χ1n) is 11.7. The molecular formula is C25H31BrFN5O2S. The van der Waals surface area contributed by atoms with Crippen molar-refractivity contribution >= 4 is 31.8 Å². The standard InChI is InChI=1S/C25H31BrFN5O2S/c1-4-12-31(35(33,34)23-10-8-20(26)9-11-23)18-24-19(2)28-32(22-7-5-6-21(27)17-22)25(24)30-15-13-29(3)14-16-30/h5-11,17H,4,12-16,18H2,1-3H3. The SMILES string of the molecule is CCCN(Cc1c(C)nn(-c2cccc(F)c2)c1N1CCN(C)CC1)S(=O)(=O)c1ccc(Br)cc1. The van der Waals surface area contributed by atoms with Crippen molar-refractivity contribution in [2.75, 3.05) is 44.7 Å². The van der Waals surface area contributed by atoms with Crippen LogP contribution in [-0.4, -0.2) is 67.2 Å². The molecule has 0 atom stereocenters. The number of rotatable bonds is 8. The summed E-state index contributed by atoms with van der Waals surface area (Å²) in [6.45, 7) is 7.73. The van der Waals surface area contributed by atoms with Crippen molar-refractivity contribution < 1.29 is 12.8 Å². The van der Waals surface area contributed by atoms with Crippen molar-refractivity contribution in [3.05, 3.63) is 70.1 Å². The first kappa shape index (κ1) is 25.8. The molecule has 4 rings (SSSR count). The minimum absolute atomic E-state index is 0.190. The van der Waals surface area contributed by atoms with Crippen LogP contribution >= 0.6 is 15.9 Å². The van der Waals surface area contributed by atoms with E-state index in [1.807, 2.05) is 19.9 Å². The highest BCUT2D eigenvalue weighted by Gasteiger charge is 2.30. The van der Waals surface area contributed by atoms with Gasteiger partial charge in [0.25, 0.3) is 0 Å². The molecule has 3 aromatic rings. The number of halogens is 2. The Hall–Kier alpha value is -2.27. The Morgan fingerprint density at radius 1 is 1.09 bits per heavy atom. The van der Waals surface area contributed by atoms with E-state index in [1.165, 1.54) is 16.4 Å². The fraction of sp³-hybridized carbons (Fsp3) is 0.400. The molecule has 0 amide bonds. The summed E-state index contributed by atoms with van der Waals surface area (Å²) in [5.74, 6) is 0.486. The van der Waals surface area contributed by atoms with E-state index in [1.54, 1.807) is 35.0 Å². The van der Waals surface area contributed by atoms with Gasteiger partial charge >= 0.3 is 0 Å². The number of aryl methyl sites for hydroxylation is 1. The summed E-state index contributed by atoms with van der Waals surface area (Å²) in [4.78, 5) is 4.75. The molecule has 0 N–H and O–H groups in total. The van der Waals surface area contributed by atoms with Crippen molar-refractivity contribution in [1.29, 1.82) is 0 Å². The number of benzene rings is 2. The first-order chi connectivity index (χ1) is 16.7. The van der Waals surface area contributed by atoms with Gasteiger partial charge < -0.3 is 9.80 Å². The van der Waals surface area contributed by atoms with Crippen molar-refractivity contribution in [2.45, 2.75) is 31.7 Å². The van der Waals surface area contributed by atoms with Gasteiger partial charge in [0.2, 0.25) is 10.0 Å². The number of piperazine rings is 1. The Morgan fingerprint density at radius 3 is 2.40 bits per heavy atom. The van der Waals surface area contributed by atoms with Crippen molar-refractivity contribution in [2.24, 2.45) is 0 Å². The normalized spacial score (nSPS) is 15.2. The molecule has 10 heteroatoms. The number of hydrogen-bond donors (Lipinski definition) is 0. The van der Waals surface area contributed by atoms with E-state index in [0.717, 1.165) is 47.7 Å². The number of sulfonamides is 1. The number of hydrogen-bond acceptors (Lipinski definition) is 5. The summed E-state index contributed by atoms with van der Waals surface area (Å²) >= 11 is 3.38. The summed E-state index contributed by atoms with van der Waals surface area (Å²) in [5, 5.41) is 4.76. The number of aromatic nitrogens is 2. The predicted octanol–water partition coefficient (Wildman–Crippen LogP) is 4.44. The van der Waals surface area contributed by atoms with E-state index in [4.69, 9.17) is 5.10 Å². The molecule has 0 spiro atoms. The van der Waals surface area contributed by atoms with Crippen LogP contribution in [0.2, 0.25) is 0 Å². The van der Waals surface area contributed by atoms with Gasteiger partial charge in [0.05, 0.1) is 16.3 Å². The highest BCUT2D eigenvalue weighted by atomic mass is 79.9. The molecule has 0 bridgehead atoms. The largest absolute Gasteiger partial charge is 0.354 e. The molecular weight excluding hydrogens is 533 g/mol. The maximum Gasteiger partial charge on any atom is 0.243 e. The summed E-state index contributed by atoms with van der Waals surface area (Å²) in [7, 11) is -1.64. The maximum atomic E-state index is 14.1. The third-order valence-corrected chi connectivity index (χ3v) is 8.66. The van der Waals surface area contributed by atoms with Crippen LogP contribution < -0.4 is 4.90 Å². The van der Waals surface area contributed by atoms with Crippen molar-refractivity contribution in [3.63, 3.8) is 0 Å². The second-order valence-electron chi connectivity index (χ2n) is 8.86. The predicted molar refractivity (Wildman–Crippen MR) is 140 cm³/mol. The van der Waals surface area contributed by atoms with Crippen LogP contribution in [-0.2, 0) is 16.6 Å². The Balaban J connectivity index is 1.79. The second kappa shape index (κ2) is 10.8. The third kappa shape index (κ3) is 5.61. The van der Waals surface area contributed by atoms with Crippen LogP contribution in [0, 0.1) is 12.7 Å². The summed E-state index contributed by atoms with van der Waals surface area (Å²) in [6, 6.07) is 13.1. The molecule has 188 valence electrons. The lowest BCUT2D eigenvalue weighted by molar-refractivity contribution is 0.310. The van der Waals surface area contributed by atoms with Gasteiger partial charge in [-0.1, -0.05) is 28.9 Å². The quantitative estimate of drug-likeness (QED) is 0.405. The van der Waals surface area contributed by atoms with E-state index in [-0.39, 0.29) is 17.3 Å². The lowest BCUT2D eigenvalue weighted by Gasteiger charge is -2.35. The van der Waals surface area contributed by atoms with Crippen LogP contribution in [0.5, 0.6) is 0 Å². The summed E-state index contributed by atoms with van der Waals surface area (Å²) in [5.41, 5.74) is 2.19. The smallest absolute Gasteiger partial charge is 0.243 e. The molecule has 1 aromatic heterocycles. The van der Waals surface area contributed by atoms with Gasteiger partial charge in [-0.3, -0.25) is 0 Å². The molecule has 1 aliphatic rings. The van der Waals surface area contributed by atoms with Gasteiger partial charge in [0.1, 0.15) is 11.6 Å². The van der Waals surface area contributed by atoms with Crippen molar-refractivity contribution in [3.8, 4) is 5.69 Å². The summed E-state index contributed by atoms with van der Waals surface area (Å²) < 4.78 is 45.5. The van der Waals surface area contributed by atoms with Crippen molar-refractivity contribution in [1.82, 2.24) is 19.0 Å². The van der Waals surface area contributed by atoms with Crippen LogP contribution in [0.15, 0.2) is 57.9 Å². The van der Waals surface area contributed by atoms with E-state index in [0.29, 0.717) is 18.7 Å². The topological polar surface area (TPSA) is 61.7 Å². The molecule has 0 radical (unpaired) electrons. The maximum absolute atomic E-state index is 14.1. The fourth-order valence-electron chi connectivity index (χ4n) is 4.33. The van der Waals surface area contributed by atoms with Gasteiger partial charge in [0.15, 0.2) is 0 Å². The molecule has 7 nitrogen and oxygen atoms in total. The zero-order valence-electron chi connectivity index (χ0n) is 20.3. The van der Waals surface area contributed by atoms with E-state index >= 15 is 0 Å². The molecule has 1 aliphatic heterocycles. The van der Waals surface area contributed by atoms with E-state index < -0.39 is 10.0 Å². The van der Waals surface area contributed by atoms with Crippen LogP contribution in [0.1, 0.15) is 24.6 Å². The van der Waals surface area contributed by atoms with E-state index in [9.17, 15) is 12.8 Å². The first-order valence-corrected chi connectivity index (χ1v) is 14.0. The lowest BCUT2D eigenvalue weighted by atomic mass is 10.2. The highest BCUT2D eigenvalue weighted by Crippen LogP contribution is 2.31. The van der Waals surface area contributed by atoms with Gasteiger partial charge in [0, 0.05) is 49.3 Å². The molecule has 35 heavy (non-hydrogen) atoms. The minimum Gasteiger partial charge on any atom is -0.354 e. The van der Waals surface area contributed by atoms with Gasteiger partial charge in [-0.25, -0.2) is 17.5 Å². The monoisotopic (exact) mass is 563 g/mol. The van der Waals surface area contributed by atoms with Crippen LogP contribution in [0.25, 0.3) is 5.69 Å². The molecule has 0 aliphatic carbocycles. The molecule has 1 fully saturated rings. The third-order valence-electron chi connectivity index (χ3n) is 6.27. The Labute approximate surface area is 215 Å². The van der Waals surface area contributed by atoms with Crippen LogP contribution in [0.3, 0.4) is 0 Å². The Kier molecular flexibility index (Phi) is 7.95. The summed E-state index contributed by atoms with van der Waals surface area (Å²) in [6.07, 6.45) is 0.677. The molecule has 1 saturated heterocycles. The van der Waals surface area contributed by atoms with Gasteiger partial charge in [-0.05, 0) is 62.9 Å². The minimum atomic E-state index is -3.72. The molecule has 2 heterocycles. The Bertz CT molecular complexity index is 1270. The number of nitrogens with zero attached hydrogens (tertiary/aromatic N) is 5. The molecule has 0 unspecified atom stereocenters. The Morgan fingerprint density at radius 2 is 1.77 bits per heavy atom. The molecule has 0 saturated carbocycles. The van der Waals surface area contributed by atoms with Crippen LogP contribution in [0.4, 0.5) is 10.2 Å². The van der Waals surface area contributed by atoms with Gasteiger partial charge in [-0.15, -0.1) is 0 Å².